The predicted octanol–water partition coefficient (Wildman–Crippen LogP) is 3.45. The first-order valence-corrected chi connectivity index (χ1v) is 11.2. The third kappa shape index (κ3) is 3.02. The first-order valence-electron chi connectivity index (χ1n) is 11.2. The van der Waals surface area contributed by atoms with Gasteiger partial charge in [0, 0.05) is 24.6 Å². The Morgan fingerprint density at radius 3 is 2.74 bits per heavy atom. The van der Waals surface area contributed by atoms with E-state index in [0.29, 0.717) is 30.1 Å². The Balaban J connectivity index is 1.34. The second-order valence-corrected chi connectivity index (χ2v) is 9.08. The zero-order valence-electron chi connectivity index (χ0n) is 17.4. The predicted molar refractivity (Wildman–Crippen MR) is 119 cm³/mol. The summed E-state index contributed by atoms with van der Waals surface area (Å²) >= 11 is 0. The van der Waals surface area contributed by atoms with Gasteiger partial charge in [0.2, 0.25) is 5.91 Å². The molecule has 1 saturated carbocycles. The highest BCUT2D eigenvalue weighted by atomic mass is 16.2. The molecule has 3 unspecified atom stereocenters. The van der Waals surface area contributed by atoms with E-state index in [1.54, 1.807) is 0 Å². The first kappa shape index (κ1) is 18.5. The summed E-state index contributed by atoms with van der Waals surface area (Å²) in [7, 11) is 0. The molecule has 2 aliphatic carbocycles. The van der Waals surface area contributed by atoms with E-state index in [9.17, 15) is 4.79 Å². The zero-order valence-corrected chi connectivity index (χ0v) is 17.4. The summed E-state index contributed by atoms with van der Waals surface area (Å²) in [5.41, 5.74) is 8.79. The van der Waals surface area contributed by atoms with Crippen molar-refractivity contribution in [2.75, 3.05) is 18.8 Å². The van der Waals surface area contributed by atoms with Crippen molar-refractivity contribution in [3.63, 3.8) is 0 Å². The Bertz CT molecular complexity index is 1170. The molecule has 0 spiro atoms. The van der Waals surface area contributed by atoms with Crippen LogP contribution in [0.15, 0.2) is 48.8 Å². The average Bonchev–Trinajstić information content (AvgIpc) is 3.54. The normalized spacial score (nSPS) is 27.3. The first-order chi connectivity index (χ1) is 15.2. The molecule has 158 valence electrons. The number of carbonyl (C=O) groups excluding carboxylic acids is 1. The molecule has 2 bridgehead atoms. The molecule has 31 heavy (non-hydrogen) atoms. The summed E-state index contributed by atoms with van der Waals surface area (Å²) in [6.45, 7) is 1.50. The Morgan fingerprint density at radius 1 is 1.10 bits per heavy atom. The molecular formula is C24H26N6O. The van der Waals surface area contributed by atoms with Crippen LogP contribution in [0.4, 0.5) is 5.82 Å². The van der Waals surface area contributed by atoms with Crippen LogP contribution in [0.2, 0.25) is 0 Å². The number of piperidine rings is 1. The molecule has 1 saturated heterocycles. The quantitative estimate of drug-likeness (QED) is 0.663. The zero-order chi connectivity index (χ0) is 20.9. The molecule has 1 aliphatic heterocycles. The van der Waals surface area contributed by atoms with Crippen LogP contribution >= 0.6 is 0 Å². The maximum Gasteiger partial charge on any atom is 0.226 e. The number of amides is 1. The van der Waals surface area contributed by atoms with Crippen LogP contribution in [0.1, 0.15) is 31.7 Å². The number of carbonyl (C=O) groups is 1. The lowest BCUT2D eigenvalue weighted by molar-refractivity contribution is -0.138. The smallest absolute Gasteiger partial charge is 0.226 e. The van der Waals surface area contributed by atoms with E-state index in [4.69, 9.17) is 10.8 Å². The number of allylic oxidation sites excluding steroid dienone is 2. The van der Waals surface area contributed by atoms with E-state index in [1.807, 2.05) is 35.0 Å². The minimum atomic E-state index is 0.0843. The van der Waals surface area contributed by atoms with Crippen LogP contribution in [0.3, 0.4) is 0 Å². The van der Waals surface area contributed by atoms with E-state index in [2.05, 4.69) is 27.0 Å². The van der Waals surface area contributed by atoms with Crippen molar-refractivity contribution in [3.05, 3.63) is 48.8 Å². The standard InChI is InChI=1S/C24H26N6O/c25-22-20-21(16-5-2-1-3-6-16)28-30(23(20)27-14-26-22)18-7-4-10-29(13-18)24(31)19-12-15-8-9-17(19)11-15/h1-3,5-6,8-9,14-15,17-19H,4,7,10-13H2,(H2,25,26,27)/t15?,17?,18-,19?/m1/s1. The molecule has 1 amide bonds. The number of rotatable bonds is 3. The fourth-order valence-electron chi connectivity index (χ4n) is 5.70. The number of nitrogens with zero attached hydrogens (tertiary/aromatic N) is 5. The van der Waals surface area contributed by atoms with Crippen LogP contribution < -0.4 is 5.73 Å². The van der Waals surface area contributed by atoms with Gasteiger partial charge in [-0.05, 0) is 37.5 Å². The third-order valence-corrected chi connectivity index (χ3v) is 7.22. The van der Waals surface area contributed by atoms with E-state index in [0.717, 1.165) is 54.5 Å². The highest BCUT2D eigenvalue weighted by molar-refractivity contribution is 5.98. The maximum atomic E-state index is 13.3. The highest BCUT2D eigenvalue weighted by Gasteiger charge is 2.42. The van der Waals surface area contributed by atoms with Crippen molar-refractivity contribution < 1.29 is 4.79 Å². The lowest BCUT2D eigenvalue weighted by atomic mass is 9.91. The van der Waals surface area contributed by atoms with Crippen LogP contribution in [0, 0.1) is 17.8 Å². The molecule has 1 aromatic carbocycles. The van der Waals surface area contributed by atoms with E-state index in [-0.39, 0.29) is 12.0 Å². The maximum absolute atomic E-state index is 13.3. The molecule has 2 N–H and O–H groups in total. The largest absolute Gasteiger partial charge is 0.383 e. The monoisotopic (exact) mass is 414 g/mol. The summed E-state index contributed by atoms with van der Waals surface area (Å²) in [6.07, 6.45) is 10.1. The second-order valence-electron chi connectivity index (χ2n) is 9.08. The number of likely N-dealkylation sites (tertiary alicyclic amines) is 1. The van der Waals surface area contributed by atoms with Crippen molar-refractivity contribution in [2.45, 2.75) is 31.7 Å². The number of nitrogens with two attached hydrogens (primary N) is 1. The summed E-state index contributed by atoms with van der Waals surface area (Å²) in [4.78, 5) is 24.1. The summed E-state index contributed by atoms with van der Waals surface area (Å²) in [6, 6.07) is 10.1. The van der Waals surface area contributed by atoms with Gasteiger partial charge in [-0.1, -0.05) is 42.5 Å². The van der Waals surface area contributed by atoms with Gasteiger partial charge in [0.15, 0.2) is 5.65 Å². The van der Waals surface area contributed by atoms with Gasteiger partial charge in [-0.3, -0.25) is 4.79 Å². The number of anilines is 1. The lowest BCUT2D eigenvalue weighted by Gasteiger charge is -2.35. The molecule has 7 nitrogen and oxygen atoms in total. The fourth-order valence-corrected chi connectivity index (χ4v) is 5.70. The molecule has 3 aliphatic rings. The van der Waals surface area contributed by atoms with E-state index in [1.165, 1.54) is 6.33 Å². The van der Waals surface area contributed by atoms with Crippen molar-refractivity contribution in [2.24, 2.45) is 17.8 Å². The Hall–Kier alpha value is -3.22. The topological polar surface area (TPSA) is 89.9 Å². The number of nitrogen functional groups attached to an aromatic ring is 1. The van der Waals surface area contributed by atoms with Crippen molar-refractivity contribution in [1.29, 1.82) is 0 Å². The van der Waals surface area contributed by atoms with Crippen molar-refractivity contribution >= 4 is 22.8 Å². The Morgan fingerprint density at radius 2 is 1.97 bits per heavy atom. The molecule has 2 fully saturated rings. The van der Waals surface area contributed by atoms with Gasteiger partial charge in [0.05, 0.1) is 11.4 Å². The number of hydrogen-bond donors (Lipinski definition) is 1. The SMILES string of the molecule is Nc1ncnc2c1c(-c1ccccc1)nn2[C@@H]1CCCN(C(=O)C2CC3C=CC2C3)C1. The van der Waals surface area contributed by atoms with Crippen LogP contribution in [0.5, 0.6) is 0 Å². The summed E-state index contributed by atoms with van der Waals surface area (Å²) < 4.78 is 1.98. The van der Waals surface area contributed by atoms with Gasteiger partial charge in [-0.15, -0.1) is 0 Å². The van der Waals surface area contributed by atoms with Gasteiger partial charge < -0.3 is 10.6 Å². The van der Waals surface area contributed by atoms with Crippen molar-refractivity contribution in [1.82, 2.24) is 24.6 Å². The minimum Gasteiger partial charge on any atom is -0.383 e. The van der Waals surface area contributed by atoms with Crippen LogP contribution in [-0.4, -0.2) is 43.6 Å². The van der Waals surface area contributed by atoms with E-state index >= 15 is 0 Å². The van der Waals surface area contributed by atoms with Crippen LogP contribution in [0.25, 0.3) is 22.3 Å². The van der Waals surface area contributed by atoms with Gasteiger partial charge >= 0.3 is 0 Å². The Labute approximate surface area is 181 Å². The summed E-state index contributed by atoms with van der Waals surface area (Å²) in [5, 5.41) is 5.75. The van der Waals surface area contributed by atoms with Gasteiger partial charge in [-0.25, -0.2) is 14.6 Å². The minimum absolute atomic E-state index is 0.0843. The number of fused-ring (bicyclic) bond motifs is 3. The van der Waals surface area contributed by atoms with Gasteiger partial charge in [-0.2, -0.15) is 5.10 Å². The molecular weight excluding hydrogens is 388 g/mol. The van der Waals surface area contributed by atoms with Gasteiger partial charge in [0.1, 0.15) is 17.8 Å². The molecule has 0 radical (unpaired) electrons. The van der Waals surface area contributed by atoms with Crippen LogP contribution in [-0.2, 0) is 4.79 Å². The lowest BCUT2D eigenvalue weighted by Crippen LogP contribution is -2.44. The molecule has 2 aromatic heterocycles. The molecule has 4 atom stereocenters. The second kappa shape index (κ2) is 7.18. The molecule has 3 aromatic rings. The molecule has 6 rings (SSSR count). The fraction of sp³-hybridized carbons (Fsp3) is 0.417. The molecule has 3 heterocycles. The van der Waals surface area contributed by atoms with Gasteiger partial charge in [0.25, 0.3) is 0 Å². The highest BCUT2D eigenvalue weighted by Crippen LogP contribution is 2.44. The number of aromatic nitrogens is 4. The van der Waals surface area contributed by atoms with Crippen molar-refractivity contribution in [3.8, 4) is 11.3 Å². The Kier molecular flexibility index (Phi) is 4.30. The number of hydrogen-bond acceptors (Lipinski definition) is 5. The average molecular weight is 415 g/mol. The molecule has 7 heteroatoms. The summed E-state index contributed by atoms with van der Waals surface area (Å²) in [5.74, 6) is 1.94. The third-order valence-electron chi connectivity index (χ3n) is 7.22. The van der Waals surface area contributed by atoms with E-state index < -0.39 is 0 Å². The number of benzene rings is 1.